The van der Waals surface area contributed by atoms with Crippen molar-refractivity contribution in [1.29, 1.82) is 5.26 Å². The van der Waals surface area contributed by atoms with Crippen LogP contribution in [0.3, 0.4) is 0 Å². The monoisotopic (exact) mass is 271 g/mol. The SMILES string of the molecule is N#Cc1c(F)cccc1NCc1cc(C(=O)O)ccn1. The van der Waals surface area contributed by atoms with E-state index in [1.54, 1.807) is 12.1 Å². The molecule has 2 N–H and O–H groups in total. The highest BCUT2D eigenvalue weighted by molar-refractivity contribution is 5.87. The van der Waals surface area contributed by atoms with Crippen molar-refractivity contribution in [1.82, 2.24) is 4.98 Å². The Labute approximate surface area is 114 Å². The van der Waals surface area contributed by atoms with E-state index in [-0.39, 0.29) is 17.7 Å². The molecule has 0 aliphatic heterocycles. The fourth-order valence-electron chi connectivity index (χ4n) is 1.68. The number of nitriles is 1. The normalized spacial score (nSPS) is 9.80. The first-order chi connectivity index (χ1) is 9.61. The van der Waals surface area contributed by atoms with E-state index in [1.165, 1.54) is 30.5 Å². The van der Waals surface area contributed by atoms with Crippen LogP contribution in [-0.2, 0) is 6.54 Å². The van der Waals surface area contributed by atoms with Gasteiger partial charge in [0.25, 0.3) is 0 Å². The summed E-state index contributed by atoms with van der Waals surface area (Å²) in [4.78, 5) is 14.8. The van der Waals surface area contributed by atoms with Crippen molar-refractivity contribution in [3.8, 4) is 6.07 Å². The third-order valence-corrected chi connectivity index (χ3v) is 2.65. The summed E-state index contributed by atoms with van der Waals surface area (Å²) < 4.78 is 13.4. The largest absolute Gasteiger partial charge is 0.478 e. The molecule has 1 heterocycles. The van der Waals surface area contributed by atoms with Crippen LogP contribution in [0, 0.1) is 17.1 Å². The van der Waals surface area contributed by atoms with Crippen LogP contribution >= 0.6 is 0 Å². The Morgan fingerprint density at radius 1 is 1.45 bits per heavy atom. The number of carboxylic acids is 1. The van der Waals surface area contributed by atoms with Gasteiger partial charge in [-0.3, -0.25) is 4.98 Å². The summed E-state index contributed by atoms with van der Waals surface area (Å²) >= 11 is 0. The third-order valence-electron chi connectivity index (χ3n) is 2.65. The lowest BCUT2D eigenvalue weighted by Crippen LogP contribution is -2.06. The molecule has 0 unspecified atom stereocenters. The lowest BCUT2D eigenvalue weighted by molar-refractivity contribution is 0.0696. The number of pyridine rings is 1. The summed E-state index contributed by atoms with van der Waals surface area (Å²) in [6.45, 7) is 0.194. The molecule has 2 rings (SSSR count). The molecular formula is C14H10FN3O2. The number of carbonyl (C=O) groups is 1. The summed E-state index contributed by atoms with van der Waals surface area (Å²) in [7, 11) is 0. The second-order valence-corrected chi connectivity index (χ2v) is 3.97. The topological polar surface area (TPSA) is 86.0 Å². The van der Waals surface area contributed by atoms with Gasteiger partial charge in [-0.15, -0.1) is 0 Å². The van der Waals surface area contributed by atoms with Crippen molar-refractivity contribution >= 4 is 11.7 Å². The zero-order valence-electron chi connectivity index (χ0n) is 10.3. The van der Waals surface area contributed by atoms with Crippen molar-refractivity contribution in [3.05, 3.63) is 59.2 Å². The Morgan fingerprint density at radius 2 is 2.25 bits per heavy atom. The van der Waals surface area contributed by atoms with E-state index < -0.39 is 11.8 Å². The van der Waals surface area contributed by atoms with Gasteiger partial charge in [-0.1, -0.05) is 6.07 Å². The molecule has 100 valence electrons. The van der Waals surface area contributed by atoms with Crippen LogP contribution in [0.15, 0.2) is 36.5 Å². The minimum Gasteiger partial charge on any atom is -0.478 e. The van der Waals surface area contributed by atoms with Gasteiger partial charge in [0, 0.05) is 6.20 Å². The Balaban J connectivity index is 2.17. The predicted octanol–water partition coefficient (Wildman–Crippen LogP) is 2.40. The van der Waals surface area contributed by atoms with Crippen molar-refractivity contribution in [3.63, 3.8) is 0 Å². The van der Waals surface area contributed by atoms with Crippen LogP contribution in [0.5, 0.6) is 0 Å². The van der Waals surface area contributed by atoms with E-state index in [4.69, 9.17) is 10.4 Å². The summed E-state index contributed by atoms with van der Waals surface area (Å²) in [5.74, 6) is -1.65. The van der Waals surface area contributed by atoms with E-state index >= 15 is 0 Å². The summed E-state index contributed by atoms with van der Waals surface area (Å²) in [6.07, 6.45) is 1.39. The molecule has 1 aromatic heterocycles. The van der Waals surface area contributed by atoms with E-state index in [2.05, 4.69) is 10.3 Å². The Morgan fingerprint density at radius 3 is 2.95 bits per heavy atom. The van der Waals surface area contributed by atoms with Crippen molar-refractivity contribution in [2.75, 3.05) is 5.32 Å². The Kier molecular flexibility index (Phi) is 3.91. The molecule has 1 aromatic carbocycles. The average Bonchev–Trinajstić information content (AvgIpc) is 2.45. The summed E-state index contributed by atoms with van der Waals surface area (Å²) in [5, 5.41) is 20.6. The molecule has 0 aliphatic carbocycles. The summed E-state index contributed by atoms with van der Waals surface area (Å²) in [6, 6.07) is 8.84. The minimum absolute atomic E-state index is 0.0816. The number of anilines is 1. The summed E-state index contributed by atoms with van der Waals surface area (Å²) in [5.41, 5.74) is 0.867. The van der Waals surface area contributed by atoms with Crippen molar-refractivity contribution in [2.45, 2.75) is 6.54 Å². The van der Waals surface area contributed by atoms with Crippen LogP contribution in [0.2, 0.25) is 0 Å². The van der Waals surface area contributed by atoms with Gasteiger partial charge >= 0.3 is 5.97 Å². The maximum Gasteiger partial charge on any atom is 0.335 e. The minimum atomic E-state index is -1.04. The van der Waals surface area contributed by atoms with Crippen molar-refractivity contribution in [2.24, 2.45) is 0 Å². The third kappa shape index (κ3) is 2.90. The molecule has 0 spiro atoms. The average molecular weight is 271 g/mol. The lowest BCUT2D eigenvalue weighted by atomic mass is 10.1. The van der Waals surface area contributed by atoms with Crippen LogP contribution < -0.4 is 5.32 Å². The zero-order valence-corrected chi connectivity index (χ0v) is 10.3. The zero-order chi connectivity index (χ0) is 14.5. The number of halogens is 1. The number of nitrogens with one attached hydrogen (secondary N) is 1. The molecule has 2 aromatic rings. The number of hydrogen-bond donors (Lipinski definition) is 2. The predicted molar refractivity (Wildman–Crippen MR) is 69.6 cm³/mol. The van der Waals surface area contributed by atoms with Crippen LogP contribution in [-0.4, -0.2) is 16.1 Å². The van der Waals surface area contributed by atoms with Gasteiger partial charge in [-0.05, 0) is 24.3 Å². The van der Waals surface area contributed by atoms with Gasteiger partial charge in [0.2, 0.25) is 0 Å². The number of rotatable bonds is 4. The first-order valence-corrected chi connectivity index (χ1v) is 5.72. The van der Waals surface area contributed by atoms with Gasteiger partial charge < -0.3 is 10.4 Å². The smallest absolute Gasteiger partial charge is 0.335 e. The molecule has 0 saturated heterocycles. The second-order valence-electron chi connectivity index (χ2n) is 3.97. The molecule has 0 atom stereocenters. The van der Waals surface area contributed by atoms with E-state index in [0.717, 1.165) is 0 Å². The number of nitrogens with zero attached hydrogens (tertiary/aromatic N) is 2. The maximum atomic E-state index is 13.4. The maximum absolute atomic E-state index is 13.4. The van der Waals surface area contributed by atoms with Gasteiger partial charge in [0.15, 0.2) is 0 Å². The fourth-order valence-corrected chi connectivity index (χ4v) is 1.68. The number of aromatic carboxylic acids is 1. The van der Waals surface area contributed by atoms with Gasteiger partial charge in [-0.25, -0.2) is 9.18 Å². The molecule has 0 saturated carbocycles. The first-order valence-electron chi connectivity index (χ1n) is 5.72. The Hall–Kier alpha value is -2.94. The second kappa shape index (κ2) is 5.80. The molecule has 0 amide bonds. The van der Waals surface area contributed by atoms with Gasteiger partial charge in [-0.2, -0.15) is 5.26 Å². The Bertz CT molecular complexity index is 695. The van der Waals surface area contributed by atoms with Crippen LogP contribution in [0.1, 0.15) is 21.6 Å². The molecule has 0 bridgehead atoms. The van der Waals surface area contributed by atoms with Gasteiger partial charge in [0.1, 0.15) is 17.4 Å². The molecule has 5 nitrogen and oxygen atoms in total. The molecule has 20 heavy (non-hydrogen) atoms. The number of hydrogen-bond acceptors (Lipinski definition) is 4. The lowest BCUT2D eigenvalue weighted by Gasteiger charge is -2.08. The highest BCUT2D eigenvalue weighted by Gasteiger charge is 2.08. The molecular weight excluding hydrogens is 261 g/mol. The highest BCUT2D eigenvalue weighted by atomic mass is 19.1. The number of carboxylic acid groups (broad SMARTS) is 1. The number of aromatic nitrogens is 1. The van der Waals surface area contributed by atoms with E-state index in [9.17, 15) is 9.18 Å². The quantitative estimate of drug-likeness (QED) is 0.891. The van der Waals surface area contributed by atoms with Crippen LogP contribution in [0.25, 0.3) is 0 Å². The fraction of sp³-hybridized carbons (Fsp3) is 0.0714. The molecule has 0 radical (unpaired) electrons. The molecule has 0 aliphatic rings. The first kappa shape index (κ1) is 13.5. The van der Waals surface area contributed by atoms with E-state index in [0.29, 0.717) is 11.4 Å². The van der Waals surface area contributed by atoms with Gasteiger partial charge in [0.05, 0.1) is 23.5 Å². The molecule has 6 heteroatoms. The molecule has 0 fully saturated rings. The van der Waals surface area contributed by atoms with E-state index in [1.807, 2.05) is 0 Å². The standard InChI is InChI=1S/C14H10FN3O2/c15-12-2-1-3-13(11(12)7-16)18-8-10-6-9(14(19)20)4-5-17-10/h1-6,18H,8H2,(H,19,20). The highest BCUT2D eigenvalue weighted by Crippen LogP contribution is 2.18. The van der Waals surface area contributed by atoms with Crippen LogP contribution in [0.4, 0.5) is 10.1 Å². The van der Waals surface area contributed by atoms with Crippen molar-refractivity contribution < 1.29 is 14.3 Å². The number of benzene rings is 1.